The molecule has 2 fully saturated rings. The van der Waals surface area contributed by atoms with Gasteiger partial charge in [0.05, 0.1) is 17.8 Å². The van der Waals surface area contributed by atoms with Crippen molar-refractivity contribution in [2.75, 3.05) is 31.7 Å². The minimum Gasteiger partial charge on any atom is -0.462 e. The number of nitrogens with zero attached hydrogens (tertiary/aromatic N) is 2. The fraction of sp³-hybridized carbons (Fsp3) is 0.615. The van der Waals surface area contributed by atoms with Gasteiger partial charge < -0.3 is 19.3 Å². The third-order valence-corrected chi connectivity index (χ3v) is 5.70. The summed E-state index contributed by atoms with van der Waals surface area (Å²) in [5, 5.41) is 7.29. The summed E-state index contributed by atoms with van der Waals surface area (Å²) in [6, 6.07) is 1.59. The maximum absolute atomic E-state index is 15.3. The summed E-state index contributed by atoms with van der Waals surface area (Å²) < 4.78 is 22.4. The molecule has 1 aromatic carbocycles. The summed E-state index contributed by atoms with van der Waals surface area (Å²) in [5.74, 6) is -0.997. The van der Waals surface area contributed by atoms with Gasteiger partial charge in [0, 0.05) is 43.4 Å². The molecule has 7 heteroatoms. The summed E-state index contributed by atoms with van der Waals surface area (Å²) >= 11 is 0. The molecule has 6 nitrogen and oxygen atoms in total. The molecule has 186 valence electrons. The number of aliphatic hydroxyl groups is 1. The van der Waals surface area contributed by atoms with Crippen LogP contribution in [0.3, 0.4) is 0 Å². The monoisotopic (exact) mass is 464 g/mol. The molecule has 1 saturated heterocycles. The van der Waals surface area contributed by atoms with Crippen molar-refractivity contribution in [3.8, 4) is 0 Å². The van der Waals surface area contributed by atoms with E-state index in [4.69, 9.17) is 9.84 Å². The standard InChI is InChI=1S/C22H27FN2O3.C2H6.CH4O.CH4/c1-3-7-15-19-16(12-18(23)20(15)24-10-5-6-11-24)21(26)17(22(27)28-4-2)13-25(19)14-8-9-14;2*1-2;/h12-14H,3-11H2,1-2H3;1-2H3;2H,1H3;1H4. The molecule has 2 heterocycles. The van der Waals surface area contributed by atoms with Gasteiger partial charge in [-0.2, -0.15) is 0 Å². The SMILES string of the molecule is C.CC.CCCc1c(N2CCCC2)c(F)cc2c(=O)c(C(=O)OCC)cn(C3CC3)c12.CO. The summed E-state index contributed by atoms with van der Waals surface area (Å²) in [4.78, 5) is 27.5. The second-order valence-electron chi connectivity index (χ2n) is 7.76. The minimum absolute atomic E-state index is 0. The fourth-order valence-electron chi connectivity index (χ4n) is 4.32. The lowest BCUT2D eigenvalue weighted by molar-refractivity contribution is 0.0524. The van der Waals surface area contributed by atoms with Gasteiger partial charge >= 0.3 is 5.97 Å². The molecule has 0 bridgehead atoms. The van der Waals surface area contributed by atoms with Gasteiger partial charge in [0.25, 0.3) is 0 Å². The summed E-state index contributed by atoms with van der Waals surface area (Å²) in [6.45, 7) is 9.65. The van der Waals surface area contributed by atoms with Crippen LogP contribution >= 0.6 is 0 Å². The lowest BCUT2D eigenvalue weighted by atomic mass is 9.99. The number of ether oxygens (including phenoxy) is 1. The number of carbonyl (C=O) groups excluding carboxylic acids is 1. The Balaban J connectivity index is 0.00000103. The van der Waals surface area contributed by atoms with E-state index in [0.29, 0.717) is 17.5 Å². The maximum Gasteiger partial charge on any atom is 0.343 e. The topological polar surface area (TPSA) is 71.8 Å². The summed E-state index contributed by atoms with van der Waals surface area (Å²) in [5.41, 5.74) is 1.90. The average Bonchev–Trinajstić information content (AvgIpc) is 3.52. The first kappa shape index (κ1) is 28.6. The Kier molecular flexibility index (Phi) is 11.6. The molecule has 1 aromatic heterocycles. The van der Waals surface area contributed by atoms with Crippen molar-refractivity contribution in [1.29, 1.82) is 0 Å². The molecule has 33 heavy (non-hydrogen) atoms. The number of fused-ring (bicyclic) bond motifs is 1. The number of aromatic nitrogens is 1. The van der Waals surface area contributed by atoms with E-state index in [1.54, 1.807) is 13.1 Å². The van der Waals surface area contributed by atoms with Gasteiger partial charge in [0.1, 0.15) is 11.4 Å². The second kappa shape index (κ2) is 13.3. The summed E-state index contributed by atoms with van der Waals surface area (Å²) in [7, 11) is 1.00. The zero-order valence-electron chi connectivity index (χ0n) is 20.0. The van der Waals surface area contributed by atoms with Gasteiger partial charge in [-0.15, -0.1) is 0 Å². The van der Waals surface area contributed by atoms with Crippen LogP contribution in [0.25, 0.3) is 10.9 Å². The Hall–Kier alpha value is -2.41. The Morgan fingerprint density at radius 1 is 1.18 bits per heavy atom. The second-order valence-corrected chi connectivity index (χ2v) is 7.76. The molecular weight excluding hydrogens is 423 g/mol. The van der Waals surface area contributed by atoms with E-state index >= 15 is 4.39 Å². The van der Waals surface area contributed by atoms with Crippen molar-refractivity contribution in [2.45, 2.75) is 79.7 Å². The number of aryl methyl sites for hydroxylation is 1. The molecule has 0 atom stereocenters. The highest BCUT2D eigenvalue weighted by molar-refractivity contribution is 5.96. The van der Waals surface area contributed by atoms with Gasteiger partial charge in [-0.05, 0) is 45.1 Å². The van der Waals surface area contributed by atoms with Crippen molar-refractivity contribution in [2.24, 2.45) is 0 Å². The van der Waals surface area contributed by atoms with Crippen LogP contribution in [0.1, 0.15) is 89.2 Å². The van der Waals surface area contributed by atoms with Crippen LogP contribution in [0.15, 0.2) is 17.1 Å². The zero-order chi connectivity index (χ0) is 23.8. The molecule has 0 spiro atoms. The quantitative estimate of drug-likeness (QED) is 0.574. The maximum atomic E-state index is 15.3. The van der Waals surface area contributed by atoms with Crippen molar-refractivity contribution >= 4 is 22.6 Å². The normalized spacial score (nSPS) is 14.6. The van der Waals surface area contributed by atoms with E-state index in [2.05, 4.69) is 11.8 Å². The van der Waals surface area contributed by atoms with Gasteiger partial charge in [-0.3, -0.25) is 4.79 Å². The van der Waals surface area contributed by atoms with E-state index in [1.165, 1.54) is 6.07 Å². The van der Waals surface area contributed by atoms with E-state index < -0.39 is 11.4 Å². The smallest absolute Gasteiger partial charge is 0.343 e. The number of carbonyl (C=O) groups is 1. The number of benzene rings is 1. The van der Waals surface area contributed by atoms with Gasteiger partial charge in [-0.25, -0.2) is 9.18 Å². The molecule has 4 rings (SSSR count). The number of hydrogen-bond donors (Lipinski definition) is 1. The van der Waals surface area contributed by atoms with Crippen molar-refractivity contribution < 1.29 is 19.0 Å². The number of hydrogen-bond acceptors (Lipinski definition) is 5. The first-order chi connectivity index (χ1) is 15.6. The molecule has 2 aromatic rings. The minimum atomic E-state index is -0.634. The van der Waals surface area contributed by atoms with Crippen LogP contribution in [0.2, 0.25) is 0 Å². The number of rotatable bonds is 6. The molecule has 1 saturated carbocycles. The van der Waals surface area contributed by atoms with Crippen LogP contribution in [-0.2, 0) is 11.2 Å². The molecule has 0 unspecified atom stereocenters. The predicted molar refractivity (Wildman–Crippen MR) is 134 cm³/mol. The Morgan fingerprint density at radius 3 is 2.30 bits per heavy atom. The number of esters is 1. The van der Waals surface area contributed by atoms with Crippen LogP contribution in [0.4, 0.5) is 10.1 Å². The molecule has 1 N–H and O–H groups in total. The lowest BCUT2D eigenvalue weighted by Gasteiger charge is -2.25. The molecule has 1 aliphatic heterocycles. The third kappa shape index (κ3) is 5.94. The molecule has 2 aliphatic rings. The van der Waals surface area contributed by atoms with E-state index in [0.717, 1.165) is 63.4 Å². The van der Waals surface area contributed by atoms with Crippen LogP contribution in [0.5, 0.6) is 0 Å². The Bertz CT molecular complexity index is 977. The predicted octanol–water partition coefficient (Wildman–Crippen LogP) is 5.48. The first-order valence-corrected chi connectivity index (χ1v) is 11.8. The molecular formula is C26H41FN2O4. The number of aliphatic hydroxyl groups excluding tert-OH is 1. The fourth-order valence-corrected chi connectivity index (χ4v) is 4.32. The average molecular weight is 465 g/mol. The van der Waals surface area contributed by atoms with Crippen LogP contribution in [-0.4, -0.2) is 42.4 Å². The molecule has 0 amide bonds. The van der Waals surface area contributed by atoms with E-state index in [9.17, 15) is 9.59 Å². The Morgan fingerprint density at radius 2 is 1.79 bits per heavy atom. The highest BCUT2D eigenvalue weighted by Gasteiger charge is 2.31. The van der Waals surface area contributed by atoms with Gasteiger partial charge in [0.15, 0.2) is 0 Å². The van der Waals surface area contributed by atoms with E-state index in [-0.39, 0.29) is 31.5 Å². The summed E-state index contributed by atoms with van der Waals surface area (Å²) in [6.07, 6.45) is 7.32. The largest absolute Gasteiger partial charge is 0.462 e. The van der Waals surface area contributed by atoms with Gasteiger partial charge in [0.2, 0.25) is 5.43 Å². The van der Waals surface area contributed by atoms with Crippen molar-refractivity contribution in [3.05, 3.63) is 39.4 Å². The highest BCUT2D eigenvalue weighted by Crippen LogP contribution is 2.41. The number of pyridine rings is 1. The third-order valence-electron chi connectivity index (χ3n) is 5.70. The number of halogens is 1. The number of anilines is 1. The van der Waals surface area contributed by atoms with Crippen molar-refractivity contribution in [1.82, 2.24) is 4.57 Å². The van der Waals surface area contributed by atoms with Crippen molar-refractivity contribution in [3.63, 3.8) is 0 Å². The van der Waals surface area contributed by atoms with E-state index in [1.807, 2.05) is 18.4 Å². The van der Waals surface area contributed by atoms with Crippen LogP contribution in [0, 0.1) is 5.82 Å². The zero-order valence-corrected chi connectivity index (χ0v) is 20.0. The lowest BCUT2D eigenvalue weighted by Crippen LogP contribution is -2.25. The molecule has 0 radical (unpaired) electrons. The van der Waals surface area contributed by atoms with Crippen LogP contribution < -0.4 is 10.3 Å². The Labute approximate surface area is 197 Å². The van der Waals surface area contributed by atoms with Gasteiger partial charge in [-0.1, -0.05) is 34.6 Å². The molecule has 1 aliphatic carbocycles. The first-order valence-electron chi connectivity index (χ1n) is 11.8. The highest BCUT2D eigenvalue weighted by atomic mass is 19.1.